The Morgan fingerprint density at radius 2 is 1.85 bits per heavy atom. The van der Waals surface area contributed by atoms with E-state index in [0.717, 1.165) is 0 Å². The smallest absolute Gasteiger partial charge is 0.337 e. The number of rotatable bonds is 9. The van der Waals surface area contributed by atoms with E-state index < -0.39 is 16.0 Å². The number of benzene rings is 2. The summed E-state index contributed by atoms with van der Waals surface area (Å²) < 4.78 is 43.6. The van der Waals surface area contributed by atoms with Crippen LogP contribution in [0.5, 0.6) is 11.5 Å². The molecule has 0 fully saturated rings. The van der Waals surface area contributed by atoms with Crippen molar-refractivity contribution in [2.24, 2.45) is 0 Å². The second-order valence-corrected chi connectivity index (χ2v) is 7.74. The Morgan fingerprint density at radius 3 is 2.44 bits per heavy atom. The predicted octanol–water partition coefficient (Wildman–Crippen LogP) is 2.98. The summed E-state index contributed by atoms with van der Waals surface area (Å²) in [6.07, 6.45) is 0. The van der Waals surface area contributed by atoms with E-state index in [0.29, 0.717) is 11.1 Å². The molecule has 2 rings (SSSR count). The summed E-state index contributed by atoms with van der Waals surface area (Å²) in [6, 6.07) is 8.66. The van der Waals surface area contributed by atoms with Gasteiger partial charge < -0.3 is 19.3 Å². The van der Waals surface area contributed by atoms with Crippen molar-refractivity contribution in [3.05, 3.63) is 46.4 Å². The van der Waals surface area contributed by atoms with Crippen LogP contribution >= 0.6 is 15.9 Å². The molecule has 0 amide bonds. The number of halogens is 1. The fraction of sp³-hybridized carbons (Fsp3) is 0.235. The van der Waals surface area contributed by atoms with E-state index in [9.17, 15) is 18.3 Å². The summed E-state index contributed by atoms with van der Waals surface area (Å²) in [6.45, 7) is 0.470. The molecule has 0 atom stereocenters. The molecule has 10 heteroatoms. The molecule has 27 heavy (non-hydrogen) atoms. The van der Waals surface area contributed by atoms with Gasteiger partial charge in [0.25, 0.3) is 10.0 Å². The highest BCUT2D eigenvalue weighted by molar-refractivity contribution is 9.10. The zero-order valence-corrected chi connectivity index (χ0v) is 17.0. The summed E-state index contributed by atoms with van der Waals surface area (Å²) in [5.74, 6) is -0.974. The van der Waals surface area contributed by atoms with Gasteiger partial charge in [0.05, 0.1) is 25.0 Å². The number of hydrogen-bond acceptors (Lipinski definition) is 6. The average Bonchev–Trinajstić information content (AvgIpc) is 2.61. The predicted molar refractivity (Wildman–Crippen MR) is 102 cm³/mol. The molecular weight excluding hydrogens is 442 g/mol. The third-order valence-corrected chi connectivity index (χ3v) is 5.83. The molecule has 0 radical (unpaired) electrons. The molecule has 0 heterocycles. The maximum absolute atomic E-state index is 12.7. The van der Waals surface area contributed by atoms with E-state index in [4.69, 9.17) is 14.2 Å². The molecule has 2 aromatic carbocycles. The number of anilines is 1. The van der Waals surface area contributed by atoms with Crippen LogP contribution in [0.2, 0.25) is 0 Å². The number of carboxylic acid groups (broad SMARTS) is 1. The number of aromatic carboxylic acids is 1. The van der Waals surface area contributed by atoms with Crippen molar-refractivity contribution in [2.75, 3.05) is 32.2 Å². The van der Waals surface area contributed by atoms with Gasteiger partial charge in [-0.3, -0.25) is 4.72 Å². The number of carbonyl (C=O) groups is 1. The molecule has 0 aliphatic carbocycles. The van der Waals surface area contributed by atoms with Crippen molar-refractivity contribution < 1.29 is 32.5 Å². The minimum atomic E-state index is -4.04. The molecule has 0 aliphatic heterocycles. The lowest BCUT2D eigenvalue weighted by Crippen LogP contribution is -2.16. The van der Waals surface area contributed by atoms with E-state index in [1.165, 1.54) is 32.4 Å². The Hall–Kier alpha value is -2.30. The molecule has 0 saturated carbocycles. The number of hydrogen-bond donors (Lipinski definition) is 2. The molecule has 0 unspecified atom stereocenters. The monoisotopic (exact) mass is 459 g/mol. The van der Waals surface area contributed by atoms with Gasteiger partial charge in [0.15, 0.2) is 11.5 Å². The summed E-state index contributed by atoms with van der Waals surface area (Å²) in [4.78, 5) is 11.6. The molecule has 2 aromatic rings. The van der Waals surface area contributed by atoms with Crippen LogP contribution in [0.25, 0.3) is 0 Å². The Morgan fingerprint density at radius 1 is 1.15 bits per heavy atom. The number of nitrogens with one attached hydrogen (secondary N) is 1. The second-order valence-electron chi connectivity index (χ2n) is 5.23. The third kappa shape index (κ3) is 5.12. The lowest BCUT2D eigenvalue weighted by atomic mass is 10.1. The van der Waals surface area contributed by atoms with Crippen molar-refractivity contribution in [1.82, 2.24) is 0 Å². The molecule has 0 aliphatic rings. The third-order valence-electron chi connectivity index (χ3n) is 3.45. The Labute approximate surface area is 165 Å². The Kier molecular flexibility index (Phi) is 7.05. The molecule has 0 aromatic heterocycles. The summed E-state index contributed by atoms with van der Waals surface area (Å²) in [7, 11) is -1.18. The zero-order chi connectivity index (χ0) is 20.0. The van der Waals surface area contributed by atoms with E-state index >= 15 is 0 Å². The summed E-state index contributed by atoms with van der Waals surface area (Å²) in [5.41, 5.74) is -0.423. The standard InChI is InChI=1S/C17H18BrNO7S/c1-24-7-8-26-15-10-13(11(17(20)21)9-14(15)25-2)19-27(22,23)16-6-4-3-5-12(16)18/h3-6,9-10,19H,7-8H2,1-2H3,(H,20,21). The summed E-state index contributed by atoms with van der Waals surface area (Å²) >= 11 is 3.18. The molecule has 0 spiro atoms. The first-order chi connectivity index (χ1) is 12.8. The molecule has 8 nitrogen and oxygen atoms in total. The number of sulfonamides is 1. The molecule has 0 bridgehead atoms. The molecular formula is C17H18BrNO7S. The molecule has 146 valence electrons. The van der Waals surface area contributed by atoms with Crippen LogP contribution in [0.4, 0.5) is 5.69 Å². The van der Waals surface area contributed by atoms with Crippen LogP contribution in [-0.4, -0.2) is 46.9 Å². The topological polar surface area (TPSA) is 111 Å². The first-order valence-electron chi connectivity index (χ1n) is 7.64. The maximum atomic E-state index is 12.7. The average molecular weight is 460 g/mol. The van der Waals surface area contributed by atoms with Crippen LogP contribution in [0, 0.1) is 0 Å². The first-order valence-corrected chi connectivity index (χ1v) is 9.92. The molecule has 0 saturated heterocycles. The van der Waals surface area contributed by atoms with Gasteiger partial charge >= 0.3 is 5.97 Å². The maximum Gasteiger partial charge on any atom is 0.337 e. The highest BCUT2D eigenvalue weighted by Gasteiger charge is 2.23. The van der Waals surface area contributed by atoms with E-state index in [-0.39, 0.29) is 34.3 Å². The van der Waals surface area contributed by atoms with Crippen molar-refractivity contribution in [3.63, 3.8) is 0 Å². The first kappa shape index (κ1) is 21.0. The van der Waals surface area contributed by atoms with Crippen LogP contribution in [0.1, 0.15) is 10.4 Å². The quantitative estimate of drug-likeness (QED) is 0.554. The normalized spacial score (nSPS) is 11.1. The van der Waals surface area contributed by atoms with E-state index in [2.05, 4.69) is 20.7 Å². The van der Waals surface area contributed by atoms with E-state index in [1.807, 2.05) is 0 Å². The Balaban J connectivity index is 2.48. The zero-order valence-electron chi connectivity index (χ0n) is 14.6. The van der Waals surface area contributed by atoms with Crippen molar-refractivity contribution in [2.45, 2.75) is 4.90 Å². The number of ether oxygens (including phenoxy) is 3. The minimum absolute atomic E-state index is 0.0287. The van der Waals surface area contributed by atoms with Gasteiger partial charge in [0.1, 0.15) is 11.5 Å². The lowest BCUT2D eigenvalue weighted by molar-refractivity contribution is 0.0697. The largest absolute Gasteiger partial charge is 0.493 e. The SMILES string of the molecule is COCCOc1cc(NS(=O)(=O)c2ccccc2Br)c(C(=O)O)cc1OC. The number of methoxy groups -OCH3 is 2. The van der Waals surface area contributed by atoms with Gasteiger partial charge in [-0.15, -0.1) is 0 Å². The van der Waals surface area contributed by atoms with Crippen LogP contribution in [0.15, 0.2) is 45.8 Å². The van der Waals surface area contributed by atoms with Gasteiger partial charge in [-0.1, -0.05) is 12.1 Å². The van der Waals surface area contributed by atoms with Gasteiger partial charge in [0.2, 0.25) is 0 Å². The van der Waals surface area contributed by atoms with Gasteiger partial charge in [-0.25, -0.2) is 13.2 Å². The van der Waals surface area contributed by atoms with Crippen LogP contribution < -0.4 is 14.2 Å². The van der Waals surface area contributed by atoms with Gasteiger partial charge in [-0.05, 0) is 28.1 Å². The van der Waals surface area contributed by atoms with Gasteiger partial charge in [-0.2, -0.15) is 0 Å². The highest BCUT2D eigenvalue weighted by Crippen LogP contribution is 2.35. The van der Waals surface area contributed by atoms with Crippen molar-refractivity contribution in [1.29, 1.82) is 0 Å². The van der Waals surface area contributed by atoms with Crippen LogP contribution in [0.3, 0.4) is 0 Å². The fourth-order valence-corrected chi connectivity index (χ4v) is 4.27. The van der Waals surface area contributed by atoms with Crippen LogP contribution in [-0.2, 0) is 14.8 Å². The minimum Gasteiger partial charge on any atom is -0.493 e. The van der Waals surface area contributed by atoms with Crippen molar-refractivity contribution in [3.8, 4) is 11.5 Å². The van der Waals surface area contributed by atoms with Gasteiger partial charge in [0, 0.05) is 23.7 Å². The summed E-state index contributed by atoms with van der Waals surface area (Å²) in [5, 5.41) is 9.45. The van der Waals surface area contributed by atoms with Crippen molar-refractivity contribution >= 4 is 37.6 Å². The highest BCUT2D eigenvalue weighted by atomic mass is 79.9. The molecule has 2 N–H and O–H groups in total. The Bertz CT molecular complexity index is 931. The lowest BCUT2D eigenvalue weighted by Gasteiger charge is -2.16. The fourth-order valence-electron chi connectivity index (χ4n) is 2.19. The second kappa shape index (κ2) is 9.07. The van der Waals surface area contributed by atoms with E-state index in [1.54, 1.807) is 18.2 Å². The number of carboxylic acids is 1.